The number of anilines is 1. The normalized spacial score (nSPS) is 13.3. The van der Waals surface area contributed by atoms with Crippen LogP contribution < -0.4 is 5.73 Å². The van der Waals surface area contributed by atoms with Crippen LogP contribution in [-0.2, 0) is 7.05 Å². The third-order valence-electron chi connectivity index (χ3n) is 2.98. The molecule has 0 spiro atoms. The van der Waals surface area contributed by atoms with Crippen molar-refractivity contribution in [2.75, 3.05) is 5.73 Å². The Bertz CT molecular complexity index is 487. The molecule has 0 aliphatic carbocycles. The minimum atomic E-state index is 0.491. The molecule has 0 saturated heterocycles. The molecule has 0 saturated carbocycles. The lowest BCUT2D eigenvalue weighted by Gasteiger charge is -2.10. The predicted molar refractivity (Wildman–Crippen MR) is 61.6 cm³/mol. The first-order valence-corrected chi connectivity index (χ1v) is 5.21. The molecule has 0 radical (unpaired) electrons. The SMILES string of the molecule is CCC(C)c1cnc(N)c2c1cnn2C. The molecule has 1 atom stereocenters. The molecule has 4 nitrogen and oxygen atoms in total. The molecule has 4 heteroatoms. The molecule has 0 aliphatic heterocycles. The Labute approximate surface area is 89.1 Å². The number of aromatic nitrogens is 3. The van der Waals surface area contributed by atoms with E-state index in [9.17, 15) is 0 Å². The minimum Gasteiger partial charge on any atom is -0.382 e. The van der Waals surface area contributed by atoms with Crippen molar-refractivity contribution in [3.05, 3.63) is 18.0 Å². The lowest BCUT2D eigenvalue weighted by molar-refractivity contribution is 0.736. The summed E-state index contributed by atoms with van der Waals surface area (Å²) in [6.45, 7) is 4.36. The Morgan fingerprint density at radius 2 is 2.20 bits per heavy atom. The average molecular weight is 204 g/mol. The smallest absolute Gasteiger partial charge is 0.149 e. The van der Waals surface area contributed by atoms with E-state index in [2.05, 4.69) is 23.9 Å². The van der Waals surface area contributed by atoms with Crippen LogP contribution in [0.15, 0.2) is 12.4 Å². The van der Waals surface area contributed by atoms with Crippen molar-refractivity contribution >= 4 is 16.7 Å². The van der Waals surface area contributed by atoms with Crippen molar-refractivity contribution in [3.63, 3.8) is 0 Å². The molecular weight excluding hydrogens is 188 g/mol. The van der Waals surface area contributed by atoms with E-state index in [4.69, 9.17) is 5.73 Å². The first kappa shape index (κ1) is 9.96. The summed E-state index contributed by atoms with van der Waals surface area (Å²) >= 11 is 0. The number of hydrogen-bond donors (Lipinski definition) is 1. The molecule has 0 aliphatic rings. The molecule has 2 heterocycles. The molecule has 80 valence electrons. The Hall–Kier alpha value is -1.58. The van der Waals surface area contributed by atoms with Gasteiger partial charge in [-0.05, 0) is 17.9 Å². The van der Waals surface area contributed by atoms with Gasteiger partial charge in [0.25, 0.3) is 0 Å². The summed E-state index contributed by atoms with van der Waals surface area (Å²) < 4.78 is 1.78. The van der Waals surface area contributed by atoms with E-state index in [1.807, 2.05) is 19.4 Å². The number of nitrogen functional groups attached to an aromatic ring is 1. The van der Waals surface area contributed by atoms with Crippen LogP contribution in [-0.4, -0.2) is 14.8 Å². The quantitative estimate of drug-likeness (QED) is 0.814. The van der Waals surface area contributed by atoms with Crippen molar-refractivity contribution in [1.82, 2.24) is 14.8 Å². The van der Waals surface area contributed by atoms with E-state index in [-0.39, 0.29) is 0 Å². The maximum atomic E-state index is 5.84. The van der Waals surface area contributed by atoms with Gasteiger partial charge in [0.05, 0.1) is 6.20 Å². The zero-order valence-corrected chi connectivity index (χ0v) is 9.36. The molecule has 0 aromatic carbocycles. The van der Waals surface area contributed by atoms with E-state index >= 15 is 0 Å². The molecule has 0 fully saturated rings. The summed E-state index contributed by atoms with van der Waals surface area (Å²) in [6.07, 6.45) is 4.83. The Morgan fingerprint density at radius 3 is 2.87 bits per heavy atom. The van der Waals surface area contributed by atoms with Crippen LogP contribution in [0.2, 0.25) is 0 Å². The van der Waals surface area contributed by atoms with Crippen LogP contribution in [0.4, 0.5) is 5.82 Å². The zero-order chi connectivity index (χ0) is 11.0. The molecule has 0 bridgehead atoms. The standard InChI is InChI=1S/C11H16N4/c1-4-7(2)8-5-13-11(12)10-9(8)6-14-15(10)3/h5-7H,4H2,1-3H3,(H2,12,13). The number of nitrogens with two attached hydrogens (primary N) is 1. The minimum absolute atomic E-state index is 0.491. The largest absolute Gasteiger partial charge is 0.382 e. The van der Waals surface area contributed by atoms with Crippen LogP contribution in [0, 0.1) is 0 Å². The highest BCUT2D eigenvalue weighted by molar-refractivity contribution is 5.90. The summed E-state index contributed by atoms with van der Waals surface area (Å²) in [5.41, 5.74) is 8.01. The molecule has 2 N–H and O–H groups in total. The Balaban J connectivity index is 2.73. The van der Waals surface area contributed by atoms with Gasteiger partial charge in [-0.2, -0.15) is 5.10 Å². The van der Waals surface area contributed by atoms with E-state index in [1.54, 1.807) is 4.68 Å². The van der Waals surface area contributed by atoms with Gasteiger partial charge in [0.2, 0.25) is 0 Å². The monoisotopic (exact) mass is 204 g/mol. The van der Waals surface area contributed by atoms with Gasteiger partial charge in [-0.25, -0.2) is 4.98 Å². The fourth-order valence-corrected chi connectivity index (χ4v) is 1.83. The highest BCUT2D eigenvalue weighted by atomic mass is 15.3. The van der Waals surface area contributed by atoms with Crippen molar-refractivity contribution in [1.29, 1.82) is 0 Å². The van der Waals surface area contributed by atoms with Gasteiger partial charge in [-0.1, -0.05) is 13.8 Å². The fraction of sp³-hybridized carbons (Fsp3) is 0.455. The van der Waals surface area contributed by atoms with Gasteiger partial charge < -0.3 is 5.73 Å². The number of nitrogens with zero attached hydrogens (tertiary/aromatic N) is 3. The number of fused-ring (bicyclic) bond motifs is 1. The first-order chi connectivity index (χ1) is 7.15. The molecule has 1 unspecified atom stereocenters. The number of rotatable bonds is 2. The molecule has 2 aromatic rings. The van der Waals surface area contributed by atoms with Crippen molar-refractivity contribution in [2.24, 2.45) is 7.05 Å². The van der Waals surface area contributed by atoms with E-state index in [1.165, 1.54) is 5.56 Å². The second-order valence-electron chi connectivity index (χ2n) is 3.94. The maximum absolute atomic E-state index is 5.84. The zero-order valence-electron chi connectivity index (χ0n) is 9.36. The van der Waals surface area contributed by atoms with Gasteiger partial charge in [-0.3, -0.25) is 4.68 Å². The van der Waals surface area contributed by atoms with E-state index in [0.717, 1.165) is 17.3 Å². The third kappa shape index (κ3) is 1.46. The lowest BCUT2D eigenvalue weighted by Crippen LogP contribution is -2.00. The van der Waals surface area contributed by atoms with Crippen LogP contribution in [0.1, 0.15) is 31.7 Å². The van der Waals surface area contributed by atoms with Crippen LogP contribution in [0.5, 0.6) is 0 Å². The maximum Gasteiger partial charge on any atom is 0.149 e. The fourth-order valence-electron chi connectivity index (χ4n) is 1.83. The second-order valence-corrected chi connectivity index (χ2v) is 3.94. The van der Waals surface area contributed by atoms with Gasteiger partial charge in [-0.15, -0.1) is 0 Å². The summed E-state index contributed by atoms with van der Waals surface area (Å²) in [5.74, 6) is 1.04. The van der Waals surface area contributed by atoms with Gasteiger partial charge in [0.15, 0.2) is 0 Å². The Kier molecular flexibility index (Phi) is 2.34. The number of aryl methyl sites for hydroxylation is 1. The van der Waals surface area contributed by atoms with Crippen molar-refractivity contribution in [2.45, 2.75) is 26.2 Å². The molecule has 2 rings (SSSR count). The highest BCUT2D eigenvalue weighted by Gasteiger charge is 2.13. The first-order valence-electron chi connectivity index (χ1n) is 5.21. The summed E-state index contributed by atoms with van der Waals surface area (Å²) in [5, 5.41) is 5.35. The summed E-state index contributed by atoms with van der Waals surface area (Å²) in [7, 11) is 1.89. The highest BCUT2D eigenvalue weighted by Crippen LogP contribution is 2.28. The summed E-state index contributed by atoms with van der Waals surface area (Å²) in [6, 6.07) is 0. The van der Waals surface area contributed by atoms with Crippen LogP contribution in [0.3, 0.4) is 0 Å². The predicted octanol–water partition coefficient (Wildman–Crippen LogP) is 2.06. The van der Waals surface area contributed by atoms with Gasteiger partial charge in [0, 0.05) is 18.6 Å². The second kappa shape index (κ2) is 3.53. The molecular formula is C11H16N4. The van der Waals surface area contributed by atoms with E-state index in [0.29, 0.717) is 11.7 Å². The number of pyridine rings is 1. The van der Waals surface area contributed by atoms with Crippen LogP contribution >= 0.6 is 0 Å². The van der Waals surface area contributed by atoms with E-state index < -0.39 is 0 Å². The van der Waals surface area contributed by atoms with Crippen molar-refractivity contribution in [3.8, 4) is 0 Å². The lowest BCUT2D eigenvalue weighted by atomic mass is 9.97. The topological polar surface area (TPSA) is 56.7 Å². The molecule has 0 amide bonds. The van der Waals surface area contributed by atoms with Gasteiger partial charge >= 0.3 is 0 Å². The average Bonchev–Trinajstić information content (AvgIpc) is 2.61. The number of hydrogen-bond acceptors (Lipinski definition) is 3. The van der Waals surface area contributed by atoms with Gasteiger partial charge in [0.1, 0.15) is 11.3 Å². The molecule has 15 heavy (non-hydrogen) atoms. The van der Waals surface area contributed by atoms with Crippen molar-refractivity contribution < 1.29 is 0 Å². The molecule has 2 aromatic heterocycles. The summed E-state index contributed by atoms with van der Waals surface area (Å²) in [4.78, 5) is 4.23. The van der Waals surface area contributed by atoms with Crippen LogP contribution in [0.25, 0.3) is 10.9 Å². The third-order valence-corrected chi connectivity index (χ3v) is 2.98. The Morgan fingerprint density at radius 1 is 1.47 bits per heavy atom.